The topological polar surface area (TPSA) is 59.0 Å². The highest BCUT2D eigenvalue weighted by Gasteiger charge is 1.98. The number of hydrogen-bond acceptors (Lipinski definition) is 3. The van der Waals surface area contributed by atoms with Crippen LogP contribution in [0.15, 0.2) is 48.5 Å². The molecule has 2 rings (SSSR count). The average molecular weight is 261 g/mol. The maximum absolute atomic E-state index is 8.78. The van der Waals surface area contributed by atoms with Crippen LogP contribution in [0.1, 0.15) is 11.1 Å². The van der Waals surface area contributed by atoms with E-state index in [9.17, 15) is 0 Å². The van der Waals surface area contributed by atoms with E-state index in [2.05, 4.69) is 6.07 Å². The van der Waals surface area contributed by atoms with Crippen LogP contribution in [-0.4, -0.2) is 0 Å². The van der Waals surface area contributed by atoms with Crippen molar-refractivity contribution in [1.82, 2.24) is 0 Å². The largest absolute Gasteiger partial charge is 0.489 e. The molecule has 3 nitrogen and oxygen atoms in total. The van der Waals surface area contributed by atoms with Gasteiger partial charge in [-0.25, -0.2) is 0 Å². The molecule has 0 radical (unpaired) electrons. The maximum Gasteiger partial charge on any atom is 0.121 e. The highest BCUT2D eigenvalue weighted by Crippen LogP contribution is 2.16. The molecule has 0 amide bonds. The van der Waals surface area contributed by atoms with E-state index < -0.39 is 0 Å². The van der Waals surface area contributed by atoms with Crippen molar-refractivity contribution in [1.29, 1.82) is 5.26 Å². The summed E-state index contributed by atoms with van der Waals surface area (Å²) in [5, 5.41) is 8.78. The van der Waals surface area contributed by atoms with E-state index in [1.54, 1.807) is 12.1 Å². The van der Waals surface area contributed by atoms with Crippen molar-refractivity contribution in [2.24, 2.45) is 0 Å². The Labute approximate surface area is 112 Å². The SMILES string of the molecule is Cl.N#Cc1cccc(COc2cccc(N)c2)c1. The summed E-state index contributed by atoms with van der Waals surface area (Å²) in [6, 6.07) is 16.7. The van der Waals surface area contributed by atoms with Gasteiger partial charge in [0.05, 0.1) is 11.6 Å². The van der Waals surface area contributed by atoms with Gasteiger partial charge in [0.2, 0.25) is 0 Å². The van der Waals surface area contributed by atoms with E-state index in [1.165, 1.54) is 0 Å². The summed E-state index contributed by atoms with van der Waals surface area (Å²) < 4.78 is 5.58. The third-order valence-corrected chi connectivity index (χ3v) is 2.32. The van der Waals surface area contributed by atoms with Gasteiger partial charge in [0.25, 0.3) is 0 Å². The Balaban J connectivity index is 0.00000162. The minimum atomic E-state index is 0. The predicted molar refractivity (Wildman–Crippen MR) is 73.6 cm³/mol. The van der Waals surface area contributed by atoms with E-state index in [-0.39, 0.29) is 12.4 Å². The summed E-state index contributed by atoms with van der Waals surface area (Å²) in [6.07, 6.45) is 0. The number of benzene rings is 2. The van der Waals surface area contributed by atoms with Crippen LogP contribution in [0, 0.1) is 11.3 Å². The van der Waals surface area contributed by atoms with Crippen molar-refractivity contribution < 1.29 is 4.74 Å². The third kappa shape index (κ3) is 3.69. The predicted octanol–water partition coefficient (Wildman–Crippen LogP) is 3.14. The van der Waals surface area contributed by atoms with Crippen molar-refractivity contribution in [3.63, 3.8) is 0 Å². The summed E-state index contributed by atoms with van der Waals surface area (Å²) in [7, 11) is 0. The van der Waals surface area contributed by atoms with Gasteiger partial charge in [0, 0.05) is 11.8 Å². The van der Waals surface area contributed by atoms with Crippen LogP contribution in [0.2, 0.25) is 0 Å². The number of nitrogen functional groups attached to an aromatic ring is 1. The number of nitrogens with zero attached hydrogens (tertiary/aromatic N) is 1. The number of nitriles is 1. The summed E-state index contributed by atoms with van der Waals surface area (Å²) in [5.41, 5.74) is 7.93. The van der Waals surface area contributed by atoms with Crippen LogP contribution in [0.3, 0.4) is 0 Å². The number of rotatable bonds is 3. The van der Waals surface area contributed by atoms with Gasteiger partial charge in [-0.15, -0.1) is 12.4 Å². The third-order valence-electron chi connectivity index (χ3n) is 2.32. The van der Waals surface area contributed by atoms with Gasteiger partial charge in [-0.05, 0) is 29.8 Å². The molecule has 0 aliphatic rings. The first-order valence-corrected chi connectivity index (χ1v) is 5.25. The molecule has 0 fully saturated rings. The number of halogens is 1. The van der Waals surface area contributed by atoms with Crippen LogP contribution >= 0.6 is 12.4 Å². The molecule has 92 valence electrons. The normalized spacial score (nSPS) is 9.06. The molecule has 0 unspecified atom stereocenters. The molecule has 0 aromatic heterocycles. The van der Waals surface area contributed by atoms with E-state index >= 15 is 0 Å². The fourth-order valence-electron chi connectivity index (χ4n) is 1.50. The first-order chi connectivity index (χ1) is 8.28. The first kappa shape index (κ1) is 13.9. The molecule has 0 bridgehead atoms. The Kier molecular flexibility index (Phi) is 5.04. The number of ether oxygens (including phenoxy) is 1. The Bertz CT molecular complexity index is 564. The summed E-state index contributed by atoms with van der Waals surface area (Å²) in [4.78, 5) is 0. The second kappa shape index (κ2) is 6.53. The minimum Gasteiger partial charge on any atom is -0.489 e. The van der Waals surface area contributed by atoms with E-state index in [4.69, 9.17) is 15.7 Å². The molecule has 0 heterocycles. The zero-order valence-electron chi connectivity index (χ0n) is 9.67. The lowest BCUT2D eigenvalue weighted by molar-refractivity contribution is 0.306. The molecular weight excluding hydrogens is 248 g/mol. The summed E-state index contributed by atoms with van der Waals surface area (Å²) in [5.74, 6) is 0.729. The molecule has 0 aliphatic heterocycles. The van der Waals surface area contributed by atoms with Crippen LogP contribution in [0.4, 0.5) is 5.69 Å². The Morgan fingerprint density at radius 2 is 1.89 bits per heavy atom. The molecule has 0 saturated carbocycles. The fraction of sp³-hybridized carbons (Fsp3) is 0.0714. The van der Waals surface area contributed by atoms with Gasteiger partial charge in [0.15, 0.2) is 0 Å². The molecule has 2 aromatic carbocycles. The van der Waals surface area contributed by atoms with Crippen molar-refractivity contribution in [3.8, 4) is 11.8 Å². The zero-order chi connectivity index (χ0) is 12.1. The van der Waals surface area contributed by atoms with Crippen molar-refractivity contribution in [2.75, 3.05) is 5.73 Å². The second-order valence-electron chi connectivity index (χ2n) is 3.67. The van der Waals surface area contributed by atoms with Crippen LogP contribution in [0.25, 0.3) is 0 Å². The Morgan fingerprint density at radius 1 is 1.11 bits per heavy atom. The molecule has 0 atom stereocenters. The molecule has 4 heteroatoms. The molecule has 2 aromatic rings. The van der Waals surface area contributed by atoms with Gasteiger partial charge in [0.1, 0.15) is 12.4 Å². The number of nitrogens with two attached hydrogens (primary N) is 1. The van der Waals surface area contributed by atoms with E-state index in [1.807, 2.05) is 36.4 Å². The molecule has 0 saturated heterocycles. The highest BCUT2D eigenvalue weighted by atomic mass is 35.5. The van der Waals surface area contributed by atoms with Gasteiger partial charge in [-0.3, -0.25) is 0 Å². The number of hydrogen-bond donors (Lipinski definition) is 1. The highest BCUT2D eigenvalue weighted by molar-refractivity contribution is 5.85. The summed E-state index contributed by atoms with van der Waals surface area (Å²) in [6.45, 7) is 0.430. The van der Waals surface area contributed by atoms with E-state index in [0.29, 0.717) is 17.9 Å². The van der Waals surface area contributed by atoms with E-state index in [0.717, 1.165) is 11.3 Å². The monoisotopic (exact) mass is 260 g/mol. The Morgan fingerprint density at radius 3 is 2.61 bits per heavy atom. The smallest absolute Gasteiger partial charge is 0.121 e. The minimum absolute atomic E-state index is 0. The fourth-order valence-corrected chi connectivity index (χ4v) is 1.50. The van der Waals surface area contributed by atoms with Crippen LogP contribution in [-0.2, 0) is 6.61 Å². The lowest BCUT2D eigenvalue weighted by Gasteiger charge is -2.06. The molecular formula is C14H13ClN2O. The van der Waals surface area contributed by atoms with Crippen molar-refractivity contribution >= 4 is 18.1 Å². The lowest BCUT2D eigenvalue weighted by atomic mass is 10.1. The molecule has 0 spiro atoms. The van der Waals surface area contributed by atoms with Crippen LogP contribution < -0.4 is 10.5 Å². The van der Waals surface area contributed by atoms with Gasteiger partial charge < -0.3 is 10.5 Å². The second-order valence-corrected chi connectivity index (χ2v) is 3.67. The quantitative estimate of drug-likeness (QED) is 0.863. The average Bonchev–Trinajstić information content (AvgIpc) is 2.37. The number of anilines is 1. The zero-order valence-corrected chi connectivity index (χ0v) is 10.5. The van der Waals surface area contributed by atoms with Crippen molar-refractivity contribution in [3.05, 3.63) is 59.7 Å². The molecule has 2 N–H and O–H groups in total. The Hall–Kier alpha value is -2.18. The summed E-state index contributed by atoms with van der Waals surface area (Å²) >= 11 is 0. The van der Waals surface area contributed by atoms with Gasteiger partial charge in [-0.1, -0.05) is 18.2 Å². The molecule has 0 aliphatic carbocycles. The molecule has 18 heavy (non-hydrogen) atoms. The van der Waals surface area contributed by atoms with Gasteiger partial charge >= 0.3 is 0 Å². The standard InChI is InChI=1S/C14H12N2O.ClH/c15-9-11-3-1-4-12(7-11)10-17-14-6-2-5-13(16)8-14;/h1-8H,10,16H2;1H. The lowest BCUT2D eigenvalue weighted by Crippen LogP contribution is -1.96. The first-order valence-electron chi connectivity index (χ1n) is 5.25. The van der Waals surface area contributed by atoms with Crippen molar-refractivity contribution in [2.45, 2.75) is 6.61 Å². The van der Waals surface area contributed by atoms with Gasteiger partial charge in [-0.2, -0.15) is 5.26 Å². The maximum atomic E-state index is 8.78. The van der Waals surface area contributed by atoms with Crippen LogP contribution in [0.5, 0.6) is 5.75 Å².